The molecule has 16 heavy (non-hydrogen) atoms. The third-order valence-electron chi connectivity index (χ3n) is 3.45. The Balaban J connectivity index is 2.12. The van der Waals surface area contributed by atoms with Gasteiger partial charge in [-0.05, 0) is 43.9 Å². The maximum atomic E-state index is 14.2. The molecule has 0 aliphatic carbocycles. The standard InChI is InChI=1S/C13H18FNO/c1-13(14)9-15-7-6-11(13)8-10-4-2-3-5-12(10)16/h2-5,11,15-16H,6-9H2,1H3. The molecule has 0 spiro atoms. The summed E-state index contributed by atoms with van der Waals surface area (Å²) in [6.45, 7) is 2.91. The summed E-state index contributed by atoms with van der Waals surface area (Å²) in [5.41, 5.74) is -0.334. The fraction of sp³-hybridized carbons (Fsp3) is 0.538. The van der Waals surface area contributed by atoms with Crippen molar-refractivity contribution in [2.75, 3.05) is 13.1 Å². The molecular weight excluding hydrogens is 205 g/mol. The van der Waals surface area contributed by atoms with Gasteiger partial charge in [0.15, 0.2) is 0 Å². The summed E-state index contributed by atoms with van der Waals surface area (Å²) < 4.78 is 14.2. The zero-order valence-electron chi connectivity index (χ0n) is 9.54. The van der Waals surface area contributed by atoms with E-state index in [-0.39, 0.29) is 11.7 Å². The number of nitrogens with one attached hydrogen (secondary N) is 1. The Morgan fingerprint density at radius 2 is 2.25 bits per heavy atom. The molecule has 1 aliphatic rings. The predicted molar refractivity (Wildman–Crippen MR) is 62.3 cm³/mol. The van der Waals surface area contributed by atoms with Gasteiger partial charge in [0.25, 0.3) is 0 Å². The molecule has 3 heteroatoms. The van der Waals surface area contributed by atoms with Crippen LogP contribution in [0.3, 0.4) is 0 Å². The summed E-state index contributed by atoms with van der Waals surface area (Å²) in [6.07, 6.45) is 1.43. The van der Waals surface area contributed by atoms with Crippen molar-refractivity contribution in [2.24, 2.45) is 5.92 Å². The largest absolute Gasteiger partial charge is 0.508 e. The van der Waals surface area contributed by atoms with Crippen molar-refractivity contribution in [3.63, 3.8) is 0 Å². The molecule has 88 valence electrons. The number of phenolic OH excluding ortho intramolecular Hbond substituents is 1. The molecule has 2 rings (SSSR count). The van der Waals surface area contributed by atoms with Gasteiger partial charge >= 0.3 is 0 Å². The van der Waals surface area contributed by atoms with Crippen molar-refractivity contribution in [3.05, 3.63) is 29.8 Å². The van der Waals surface area contributed by atoms with Crippen LogP contribution in [0.2, 0.25) is 0 Å². The van der Waals surface area contributed by atoms with Crippen LogP contribution in [0.4, 0.5) is 4.39 Å². The molecule has 1 aliphatic heterocycles. The Labute approximate surface area is 95.5 Å². The van der Waals surface area contributed by atoms with Crippen LogP contribution in [0.5, 0.6) is 5.75 Å². The lowest BCUT2D eigenvalue weighted by molar-refractivity contribution is 0.0709. The minimum atomic E-state index is -1.18. The molecule has 1 saturated heterocycles. The van der Waals surface area contributed by atoms with Gasteiger partial charge in [0.05, 0.1) is 0 Å². The predicted octanol–water partition coefficient (Wildman–Crippen LogP) is 2.27. The maximum absolute atomic E-state index is 14.2. The highest BCUT2D eigenvalue weighted by Gasteiger charge is 2.36. The lowest BCUT2D eigenvalue weighted by Gasteiger charge is -2.35. The van der Waals surface area contributed by atoms with Gasteiger partial charge in [-0.1, -0.05) is 18.2 Å². The van der Waals surface area contributed by atoms with E-state index in [0.717, 1.165) is 18.5 Å². The van der Waals surface area contributed by atoms with Crippen LogP contribution in [-0.2, 0) is 6.42 Å². The van der Waals surface area contributed by atoms with Crippen molar-refractivity contribution in [1.82, 2.24) is 5.32 Å². The first-order valence-electron chi connectivity index (χ1n) is 5.76. The van der Waals surface area contributed by atoms with Gasteiger partial charge in [0.2, 0.25) is 0 Å². The number of phenols is 1. The Kier molecular flexibility index (Phi) is 3.15. The highest BCUT2D eigenvalue weighted by atomic mass is 19.1. The first-order valence-corrected chi connectivity index (χ1v) is 5.76. The van der Waals surface area contributed by atoms with Crippen molar-refractivity contribution >= 4 is 0 Å². The van der Waals surface area contributed by atoms with E-state index in [1.807, 2.05) is 12.1 Å². The number of hydrogen-bond acceptors (Lipinski definition) is 2. The molecule has 0 amide bonds. The molecule has 0 bridgehead atoms. The Morgan fingerprint density at radius 1 is 1.50 bits per heavy atom. The van der Waals surface area contributed by atoms with Crippen LogP contribution in [0.25, 0.3) is 0 Å². The molecular formula is C13H18FNO. The van der Waals surface area contributed by atoms with Gasteiger partial charge in [0, 0.05) is 6.54 Å². The molecule has 1 heterocycles. The Morgan fingerprint density at radius 3 is 2.94 bits per heavy atom. The number of halogens is 1. The quantitative estimate of drug-likeness (QED) is 0.806. The van der Waals surface area contributed by atoms with E-state index in [1.165, 1.54) is 0 Å². The third kappa shape index (κ3) is 2.35. The number of aromatic hydroxyl groups is 1. The summed E-state index contributed by atoms with van der Waals surface area (Å²) in [7, 11) is 0. The van der Waals surface area contributed by atoms with E-state index in [9.17, 15) is 9.50 Å². The summed E-state index contributed by atoms with van der Waals surface area (Å²) in [5, 5.41) is 12.7. The molecule has 1 aromatic rings. The zero-order chi connectivity index (χ0) is 11.6. The SMILES string of the molecule is CC1(F)CNCCC1Cc1ccccc1O. The van der Waals surface area contributed by atoms with Crippen LogP contribution in [-0.4, -0.2) is 23.9 Å². The average Bonchev–Trinajstić information content (AvgIpc) is 2.24. The first kappa shape index (κ1) is 11.4. The molecule has 2 atom stereocenters. The van der Waals surface area contributed by atoms with E-state index in [1.54, 1.807) is 19.1 Å². The van der Waals surface area contributed by atoms with Crippen LogP contribution >= 0.6 is 0 Å². The summed E-state index contributed by atoms with van der Waals surface area (Å²) in [4.78, 5) is 0. The molecule has 1 fully saturated rings. The lowest BCUT2D eigenvalue weighted by Crippen LogP contribution is -2.47. The summed E-state index contributed by atoms with van der Waals surface area (Å²) >= 11 is 0. The van der Waals surface area contributed by atoms with Gasteiger partial charge < -0.3 is 10.4 Å². The minimum Gasteiger partial charge on any atom is -0.508 e. The second-order valence-corrected chi connectivity index (χ2v) is 4.77. The second kappa shape index (κ2) is 4.42. The minimum absolute atomic E-state index is 0.0120. The first-order chi connectivity index (χ1) is 7.59. The zero-order valence-corrected chi connectivity index (χ0v) is 9.54. The van der Waals surface area contributed by atoms with E-state index in [2.05, 4.69) is 5.32 Å². The van der Waals surface area contributed by atoms with Gasteiger partial charge in [-0.2, -0.15) is 0 Å². The normalized spacial score (nSPS) is 30.2. The number of benzene rings is 1. The smallest absolute Gasteiger partial charge is 0.123 e. The van der Waals surface area contributed by atoms with Gasteiger partial charge in [-0.3, -0.25) is 0 Å². The number of rotatable bonds is 2. The van der Waals surface area contributed by atoms with Crippen molar-refractivity contribution < 1.29 is 9.50 Å². The van der Waals surface area contributed by atoms with Crippen LogP contribution in [0, 0.1) is 5.92 Å². The third-order valence-corrected chi connectivity index (χ3v) is 3.45. The maximum Gasteiger partial charge on any atom is 0.123 e. The van der Waals surface area contributed by atoms with Crippen LogP contribution < -0.4 is 5.32 Å². The average molecular weight is 223 g/mol. The number of hydrogen-bond donors (Lipinski definition) is 2. The van der Waals surface area contributed by atoms with E-state index >= 15 is 0 Å². The van der Waals surface area contributed by atoms with E-state index in [4.69, 9.17) is 0 Å². The highest BCUT2D eigenvalue weighted by molar-refractivity contribution is 5.32. The fourth-order valence-electron chi connectivity index (χ4n) is 2.32. The van der Waals surface area contributed by atoms with Crippen molar-refractivity contribution in [1.29, 1.82) is 0 Å². The van der Waals surface area contributed by atoms with Crippen LogP contribution in [0.1, 0.15) is 18.9 Å². The molecule has 0 saturated carbocycles. The molecule has 2 N–H and O–H groups in total. The van der Waals surface area contributed by atoms with Gasteiger partial charge in [-0.25, -0.2) is 4.39 Å². The van der Waals surface area contributed by atoms with Gasteiger partial charge in [-0.15, -0.1) is 0 Å². The molecule has 2 nitrogen and oxygen atoms in total. The molecule has 0 radical (unpaired) electrons. The van der Waals surface area contributed by atoms with Gasteiger partial charge in [0.1, 0.15) is 11.4 Å². The van der Waals surface area contributed by atoms with Crippen molar-refractivity contribution in [3.8, 4) is 5.75 Å². The number of para-hydroxylation sites is 1. The molecule has 1 aromatic carbocycles. The van der Waals surface area contributed by atoms with E-state index < -0.39 is 5.67 Å². The summed E-state index contributed by atoms with van der Waals surface area (Å²) in [6, 6.07) is 7.20. The number of alkyl halides is 1. The number of piperidine rings is 1. The van der Waals surface area contributed by atoms with Crippen molar-refractivity contribution in [2.45, 2.75) is 25.4 Å². The fourth-order valence-corrected chi connectivity index (χ4v) is 2.32. The molecule has 0 aromatic heterocycles. The van der Waals surface area contributed by atoms with E-state index in [0.29, 0.717) is 13.0 Å². The topological polar surface area (TPSA) is 32.3 Å². The second-order valence-electron chi connectivity index (χ2n) is 4.77. The Bertz CT molecular complexity index is 365. The highest BCUT2D eigenvalue weighted by Crippen LogP contribution is 2.32. The molecule has 2 unspecified atom stereocenters. The summed E-state index contributed by atoms with van der Waals surface area (Å²) in [5.74, 6) is 0.263. The monoisotopic (exact) mass is 223 g/mol. The Hall–Kier alpha value is -1.09. The lowest BCUT2D eigenvalue weighted by atomic mass is 9.80. The van der Waals surface area contributed by atoms with Crippen LogP contribution in [0.15, 0.2) is 24.3 Å².